The highest BCUT2D eigenvalue weighted by atomic mass is 127. The van der Waals surface area contributed by atoms with Crippen molar-refractivity contribution in [1.82, 2.24) is 4.90 Å². The first-order chi connectivity index (χ1) is 18.2. The average Bonchev–Trinajstić information content (AvgIpc) is 3.13. The molecule has 1 fully saturated rings. The SMILES string of the molecule is CCOc1cc(/C=C2/SC(=O)N(Cc3c(Cl)cccc3Cl)C2=O)cc(I)c1OCc1ccc([N+](=O)[O-])cc1. The minimum atomic E-state index is -0.458. The molecule has 2 amide bonds. The summed E-state index contributed by atoms with van der Waals surface area (Å²) in [6.45, 7) is 2.36. The summed E-state index contributed by atoms with van der Waals surface area (Å²) in [6.07, 6.45) is 1.63. The van der Waals surface area contributed by atoms with E-state index in [4.69, 9.17) is 32.7 Å². The van der Waals surface area contributed by atoms with Crippen LogP contribution in [0.1, 0.15) is 23.6 Å². The number of rotatable bonds is 9. The van der Waals surface area contributed by atoms with Crippen molar-refractivity contribution in [2.45, 2.75) is 20.1 Å². The van der Waals surface area contributed by atoms with Crippen molar-refractivity contribution in [3.63, 3.8) is 0 Å². The van der Waals surface area contributed by atoms with Gasteiger partial charge in [-0.05, 0) is 94.9 Å². The lowest BCUT2D eigenvalue weighted by Gasteiger charge is -2.15. The Morgan fingerprint density at radius 3 is 2.39 bits per heavy atom. The molecule has 3 aromatic carbocycles. The van der Waals surface area contributed by atoms with Crippen LogP contribution in [0.4, 0.5) is 10.5 Å². The van der Waals surface area contributed by atoms with Gasteiger partial charge in [0.25, 0.3) is 16.8 Å². The van der Waals surface area contributed by atoms with Crippen LogP contribution in [0.3, 0.4) is 0 Å². The van der Waals surface area contributed by atoms with Crippen molar-refractivity contribution in [2.24, 2.45) is 0 Å². The number of hydrogen-bond acceptors (Lipinski definition) is 7. The van der Waals surface area contributed by atoms with Crippen LogP contribution in [-0.2, 0) is 17.9 Å². The van der Waals surface area contributed by atoms with Crippen LogP contribution in [0.2, 0.25) is 10.0 Å². The number of hydrogen-bond donors (Lipinski definition) is 0. The van der Waals surface area contributed by atoms with E-state index in [0.29, 0.717) is 39.3 Å². The van der Waals surface area contributed by atoms with E-state index in [-0.39, 0.29) is 23.7 Å². The number of carbonyl (C=O) groups excluding carboxylic acids is 2. The molecule has 0 radical (unpaired) electrons. The summed E-state index contributed by atoms with van der Waals surface area (Å²) in [6, 6.07) is 14.6. The normalized spacial score (nSPS) is 14.3. The maximum Gasteiger partial charge on any atom is 0.293 e. The van der Waals surface area contributed by atoms with Gasteiger partial charge in [-0.1, -0.05) is 29.3 Å². The number of nitro groups is 1. The molecule has 3 aromatic rings. The summed E-state index contributed by atoms with van der Waals surface area (Å²) < 4.78 is 12.5. The van der Waals surface area contributed by atoms with E-state index >= 15 is 0 Å². The Kier molecular flexibility index (Phi) is 9.19. The van der Waals surface area contributed by atoms with Crippen LogP contribution in [0.5, 0.6) is 11.5 Å². The zero-order chi connectivity index (χ0) is 27.4. The van der Waals surface area contributed by atoms with Gasteiger partial charge in [-0.25, -0.2) is 0 Å². The molecule has 12 heteroatoms. The maximum absolute atomic E-state index is 13.1. The van der Waals surface area contributed by atoms with Crippen LogP contribution >= 0.6 is 57.6 Å². The van der Waals surface area contributed by atoms with Crippen molar-refractivity contribution in [3.8, 4) is 11.5 Å². The molecular formula is C26H19Cl2IN2O6S. The molecule has 38 heavy (non-hydrogen) atoms. The van der Waals surface area contributed by atoms with Crippen LogP contribution in [0.25, 0.3) is 6.08 Å². The number of nitro benzene ring substituents is 1. The van der Waals surface area contributed by atoms with Gasteiger partial charge in [0.05, 0.1) is 26.6 Å². The summed E-state index contributed by atoms with van der Waals surface area (Å²) in [7, 11) is 0. The minimum absolute atomic E-state index is 0.00191. The van der Waals surface area contributed by atoms with E-state index < -0.39 is 16.1 Å². The lowest BCUT2D eigenvalue weighted by atomic mass is 10.1. The van der Waals surface area contributed by atoms with Crippen molar-refractivity contribution in [3.05, 3.63) is 99.9 Å². The zero-order valence-electron chi connectivity index (χ0n) is 19.8. The van der Waals surface area contributed by atoms with Gasteiger partial charge < -0.3 is 9.47 Å². The number of imide groups is 1. The number of non-ortho nitro benzene ring substituents is 1. The van der Waals surface area contributed by atoms with Crippen molar-refractivity contribution in [2.75, 3.05) is 6.61 Å². The van der Waals surface area contributed by atoms with Crippen LogP contribution in [0, 0.1) is 13.7 Å². The Labute approximate surface area is 246 Å². The predicted molar refractivity (Wildman–Crippen MR) is 156 cm³/mol. The quantitative estimate of drug-likeness (QED) is 0.0985. The van der Waals surface area contributed by atoms with Gasteiger partial charge in [-0.2, -0.15) is 0 Å². The van der Waals surface area contributed by atoms with E-state index in [0.717, 1.165) is 25.8 Å². The highest BCUT2D eigenvalue weighted by Crippen LogP contribution is 2.39. The molecule has 4 rings (SSSR count). The number of amides is 2. The van der Waals surface area contributed by atoms with Gasteiger partial charge >= 0.3 is 0 Å². The molecule has 196 valence electrons. The smallest absolute Gasteiger partial charge is 0.293 e. The van der Waals surface area contributed by atoms with Gasteiger partial charge in [-0.3, -0.25) is 24.6 Å². The fraction of sp³-hybridized carbons (Fsp3) is 0.154. The van der Waals surface area contributed by atoms with Crippen LogP contribution in [-0.4, -0.2) is 27.6 Å². The largest absolute Gasteiger partial charge is 0.490 e. The van der Waals surface area contributed by atoms with E-state index in [1.54, 1.807) is 42.5 Å². The van der Waals surface area contributed by atoms with E-state index in [2.05, 4.69) is 22.6 Å². The number of nitrogens with zero attached hydrogens (tertiary/aromatic N) is 2. The molecule has 1 heterocycles. The average molecular weight is 685 g/mol. The zero-order valence-corrected chi connectivity index (χ0v) is 24.3. The molecule has 0 atom stereocenters. The summed E-state index contributed by atoms with van der Waals surface area (Å²) in [5.41, 5.74) is 1.91. The topological polar surface area (TPSA) is 99.0 Å². The van der Waals surface area contributed by atoms with Gasteiger partial charge in [-0.15, -0.1) is 0 Å². The summed E-state index contributed by atoms with van der Waals surface area (Å²) in [4.78, 5) is 37.5. The molecule has 1 aliphatic rings. The summed E-state index contributed by atoms with van der Waals surface area (Å²) >= 11 is 15.4. The van der Waals surface area contributed by atoms with Crippen LogP contribution in [0.15, 0.2) is 59.5 Å². The molecule has 0 bridgehead atoms. The van der Waals surface area contributed by atoms with E-state index in [9.17, 15) is 19.7 Å². The molecule has 1 aliphatic heterocycles. The lowest BCUT2D eigenvalue weighted by Crippen LogP contribution is -2.27. The number of thioether (sulfide) groups is 1. The number of carbonyl (C=O) groups is 2. The fourth-order valence-electron chi connectivity index (χ4n) is 3.57. The Morgan fingerprint density at radius 1 is 1.08 bits per heavy atom. The second-order valence-corrected chi connectivity index (χ2v) is 10.9. The Balaban J connectivity index is 1.55. The Morgan fingerprint density at radius 2 is 1.76 bits per heavy atom. The van der Waals surface area contributed by atoms with Gasteiger partial charge in [0.1, 0.15) is 6.61 Å². The second-order valence-electron chi connectivity index (χ2n) is 7.94. The van der Waals surface area contributed by atoms with Crippen LogP contribution < -0.4 is 9.47 Å². The first-order valence-electron chi connectivity index (χ1n) is 11.2. The molecule has 8 nitrogen and oxygen atoms in total. The second kappa shape index (κ2) is 12.4. The predicted octanol–water partition coefficient (Wildman–Crippen LogP) is 7.72. The third kappa shape index (κ3) is 6.42. The van der Waals surface area contributed by atoms with Crippen molar-refractivity contribution >= 4 is 80.5 Å². The fourth-order valence-corrected chi connectivity index (χ4v) is 5.71. The first-order valence-corrected chi connectivity index (χ1v) is 13.8. The minimum Gasteiger partial charge on any atom is -0.490 e. The van der Waals surface area contributed by atoms with Gasteiger partial charge in [0.15, 0.2) is 11.5 Å². The standard InChI is InChI=1S/C26H19Cl2IN2O6S/c1-2-36-22-11-16(10-21(29)24(22)37-14-15-6-8-17(9-7-15)31(34)35)12-23-25(32)30(26(33)38-23)13-18-19(27)4-3-5-20(18)28/h3-12H,2,13-14H2,1H3/b23-12+. The number of halogens is 3. The molecule has 0 unspecified atom stereocenters. The summed E-state index contributed by atoms with van der Waals surface area (Å²) in [5, 5.41) is 11.2. The Hall–Kier alpha value is -2.80. The lowest BCUT2D eigenvalue weighted by molar-refractivity contribution is -0.384. The Bertz CT molecular complexity index is 1430. The molecule has 0 spiro atoms. The first kappa shape index (κ1) is 28.2. The number of benzene rings is 3. The monoisotopic (exact) mass is 684 g/mol. The van der Waals surface area contributed by atoms with Crippen molar-refractivity contribution < 1.29 is 24.0 Å². The molecule has 0 aliphatic carbocycles. The maximum atomic E-state index is 13.1. The molecule has 0 saturated carbocycles. The van der Waals surface area contributed by atoms with Gasteiger partial charge in [0, 0.05) is 27.7 Å². The molecule has 0 N–H and O–H groups in total. The highest BCUT2D eigenvalue weighted by molar-refractivity contribution is 14.1. The van der Waals surface area contributed by atoms with E-state index in [1.807, 2.05) is 13.0 Å². The molecular weight excluding hydrogens is 666 g/mol. The molecule has 1 saturated heterocycles. The third-order valence-electron chi connectivity index (χ3n) is 5.41. The third-order valence-corrected chi connectivity index (χ3v) is 7.83. The number of ether oxygens (including phenoxy) is 2. The molecule has 0 aromatic heterocycles. The summed E-state index contributed by atoms with van der Waals surface area (Å²) in [5.74, 6) is 0.529. The van der Waals surface area contributed by atoms with Crippen molar-refractivity contribution in [1.29, 1.82) is 0 Å². The van der Waals surface area contributed by atoms with Gasteiger partial charge in [0.2, 0.25) is 0 Å². The van der Waals surface area contributed by atoms with E-state index in [1.165, 1.54) is 12.1 Å². The highest BCUT2D eigenvalue weighted by Gasteiger charge is 2.35.